The summed E-state index contributed by atoms with van der Waals surface area (Å²) >= 11 is 0. The van der Waals surface area contributed by atoms with Gasteiger partial charge in [0.15, 0.2) is 6.10 Å². The Bertz CT molecular complexity index is 1270. The molecule has 0 aliphatic heterocycles. The molecule has 0 fully saturated rings. The fraction of sp³-hybridized carbons (Fsp3) is 0.705. The Morgan fingerprint density at radius 1 is 0.348 bits per heavy atom. The van der Waals surface area contributed by atoms with Crippen LogP contribution in [0.25, 0.3) is 0 Å². The molecule has 66 heavy (non-hydrogen) atoms. The highest BCUT2D eigenvalue weighted by atomic mass is 16.6. The Hall–Kier alpha value is -3.18. The third-order valence-electron chi connectivity index (χ3n) is 11.6. The van der Waals surface area contributed by atoms with E-state index in [0.29, 0.717) is 19.4 Å². The normalized spacial score (nSPS) is 13.0. The molecule has 0 heterocycles. The van der Waals surface area contributed by atoms with Gasteiger partial charge in [-0.2, -0.15) is 0 Å². The minimum absolute atomic E-state index is 0.0625. The van der Waals surface area contributed by atoms with Crippen molar-refractivity contribution in [2.24, 2.45) is 0 Å². The second-order valence-electron chi connectivity index (χ2n) is 18.1. The highest BCUT2D eigenvalue weighted by Gasteiger charge is 2.17. The van der Waals surface area contributed by atoms with E-state index in [1.807, 2.05) is 0 Å². The first-order valence-electron chi connectivity index (χ1n) is 27.8. The van der Waals surface area contributed by atoms with Crippen LogP contribution in [0.4, 0.5) is 0 Å². The predicted octanol–water partition coefficient (Wildman–Crippen LogP) is 19.0. The van der Waals surface area contributed by atoms with Crippen LogP contribution in [0.15, 0.2) is 97.2 Å². The summed E-state index contributed by atoms with van der Waals surface area (Å²) in [5.41, 5.74) is 0. The summed E-state index contributed by atoms with van der Waals surface area (Å²) in [5, 5.41) is 0. The predicted molar refractivity (Wildman–Crippen MR) is 288 cm³/mol. The lowest BCUT2D eigenvalue weighted by Crippen LogP contribution is -2.30. The van der Waals surface area contributed by atoms with Gasteiger partial charge in [0, 0.05) is 19.4 Å². The molecule has 0 saturated heterocycles. The van der Waals surface area contributed by atoms with Gasteiger partial charge in [-0.05, 0) is 96.3 Å². The average Bonchev–Trinajstić information content (AvgIpc) is 3.32. The summed E-state index contributed by atoms with van der Waals surface area (Å²) in [5.74, 6) is -0.435. The minimum atomic E-state index is -0.557. The van der Waals surface area contributed by atoms with Crippen molar-refractivity contribution in [2.75, 3.05) is 19.8 Å². The van der Waals surface area contributed by atoms with Crippen LogP contribution in [-0.4, -0.2) is 37.9 Å². The van der Waals surface area contributed by atoms with E-state index in [4.69, 9.17) is 14.2 Å². The van der Waals surface area contributed by atoms with Crippen LogP contribution < -0.4 is 0 Å². The third kappa shape index (κ3) is 53.4. The SMILES string of the molecule is CC/C=C\C/C=C\C/C=C\C/C=C\C/C=C\CCCCCC(=O)OCC(COCCCCCCCCCC/C=C\C/C=C\C/C=C\CC)OC(=O)CCCCCCCCCCCCCCC. The second kappa shape index (κ2) is 56.1. The standard InChI is InChI=1S/C61H104O5/c1-4-7-10-13-16-19-22-25-27-29-31-32-34-37-39-42-45-48-51-54-60(62)65-58-59(66-61(63)55-52-49-46-43-40-36-24-21-18-15-12-9-6-3)57-64-56-53-50-47-44-41-38-35-33-30-28-26-23-20-17-14-11-8-5-2/h7-8,10-11,16-17,19-20,25-28,31-32,37,39,59H,4-6,9,12-15,18,21-24,29-30,33-36,38,40-58H2,1-3H3/b10-7-,11-8-,19-16-,20-17-,27-25-,28-26-,32-31-,39-37-. The molecule has 0 amide bonds. The van der Waals surface area contributed by atoms with Crippen molar-refractivity contribution in [3.05, 3.63) is 97.2 Å². The minimum Gasteiger partial charge on any atom is -0.462 e. The topological polar surface area (TPSA) is 61.8 Å². The molecule has 0 radical (unpaired) electrons. The summed E-state index contributed by atoms with van der Waals surface area (Å²) < 4.78 is 17.4. The molecule has 0 bridgehead atoms. The molecule has 5 heteroatoms. The van der Waals surface area contributed by atoms with Crippen LogP contribution in [0.2, 0.25) is 0 Å². The molecule has 378 valence electrons. The zero-order chi connectivity index (χ0) is 47.7. The quantitative estimate of drug-likeness (QED) is 0.0346. The van der Waals surface area contributed by atoms with Gasteiger partial charge >= 0.3 is 11.9 Å². The molecule has 0 saturated carbocycles. The summed E-state index contributed by atoms with van der Waals surface area (Å²) in [6.45, 7) is 7.57. The van der Waals surface area contributed by atoms with Gasteiger partial charge in [-0.1, -0.05) is 240 Å². The Morgan fingerprint density at radius 2 is 0.682 bits per heavy atom. The molecule has 1 unspecified atom stereocenters. The highest BCUT2D eigenvalue weighted by Crippen LogP contribution is 2.15. The smallest absolute Gasteiger partial charge is 0.306 e. The maximum absolute atomic E-state index is 12.8. The Kier molecular flexibility index (Phi) is 53.4. The molecule has 0 aromatic carbocycles. The first-order valence-corrected chi connectivity index (χ1v) is 27.8. The van der Waals surface area contributed by atoms with Crippen molar-refractivity contribution < 1.29 is 23.8 Å². The van der Waals surface area contributed by atoms with Crippen LogP contribution in [0, 0.1) is 0 Å². The maximum Gasteiger partial charge on any atom is 0.306 e. The molecular weight excluding hydrogens is 813 g/mol. The number of hydrogen-bond donors (Lipinski definition) is 0. The zero-order valence-electron chi connectivity index (χ0n) is 43.4. The second-order valence-corrected chi connectivity index (χ2v) is 18.1. The lowest BCUT2D eigenvalue weighted by molar-refractivity contribution is -0.163. The average molecular weight is 917 g/mol. The van der Waals surface area contributed by atoms with Gasteiger partial charge in [0.1, 0.15) is 6.61 Å². The molecule has 0 aliphatic carbocycles. The number of allylic oxidation sites excluding steroid dienone is 16. The Balaban J connectivity index is 4.33. The third-order valence-corrected chi connectivity index (χ3v) is 11.6. The first-order chi connectivity index (χ1) is 32.6. The van der Waals surface area contributed by atoms with Crippen molar-refractivity contribution in [1.82, 2.24) is 0 Å². The van der Waals surface area contributed by atoms with Crippen molar-refractivity contribution in [3.63, 3.8) is 0 Å². The highest BCUT2D eigenvalue weighted by molar-refractivity contribution is 5.70. The van der Waals surface area contributed by atoms with Crippen LogP contribution in [-0.2, 0) is 23.8 Å². The summed E-state index contributed by atoms with van der Waals surface area (Å²) in [4.78, 5) is 25.5. The Labute approximate surface area is 409 Å². The number of hydrogen-bond acceptors (Lipinski definition) is 5. The lowest BCUT2D eigenvalue weighted by Gasteiger charge is -2.18. The molecular formula is C61H104O5. The van der Waals surface area contributed by atoms with Crippen molar-refractivity contribution in [2.45, 2.75) is 258 Å². The summed E-state index contributed by atoms with van der Waals surface area (Å²) in [6, 6.07) is 0. The van der Waals surface area contributed by atoms with Gasteiger partial charge in [-0.15, -0.1) is 0 Å². The van der Waals surface area contributed by atoms with E-state index in [2.05, 4.69) is 118 Å². The molecule has 0 rings (SSSR count). The number of carbonyl (C=O) groups excluding carboxylic acids is 2. The van der Waals surface area contributed by atoms with E-state index >= 15 is 0 Å². The number of ether oxygens (including phenoxy) is 3. The Morgan fingerprint density at radius 3 is 1.11 bits per heavy atom. The number of rotatable bonds is 50. The van der Waals surface area contributed by atoms with Crippen LogP contribution in [0.5, 0.6) is 0 Å². The van der Waals surface area contributed by atoms with Crippen LogP contribution >= 0.6 is 0 Å². The van der Waals surface area contributed by atoms with E-state index in [1.54, 1.807) is 0 Å². The molecule has 0 aromatic rings. The first kappa shape index (κ1) is 62.8. The van der Waals surface area contributed by atoms with Gasteiger partial charge in [0.05, 0.1) is 6.61 Å². The monoisotopic (exact) mass is 917 g/mol. The molecule has 1 atom stereocenters. The fourth-order valence-corrected chi connectivity index (χ4v) is 7.55. The maximum atomic E-state index is 12.8. The van der Waals surface area contributed by atoms with E-state index in [1.165, 1.54) is 116 Å². The van der Waals surface area contributed by atoms with Crippen molar-refractivity contribution in [1.29, 1.82) is 0 Å². The van der Waals surface area contributed by atoms with Gasteiger partial charge in [-0.3, -0.25) is 9.59 Å². The summed E-state index contributed by atoms with van der Waals surface area (Å²) in [6.07, 6.45) is 75.6. The molecule has 0 aliphatic rings. The van der Waals surface area contributed by atoms with Crippen LogP contribution in [0.3, 0.4) is 0 Å². The van der Waals surface area contributed by atoms with Gasteiger partial charge in [0.25, 0.3) is 0 Å². The van der Waals surface area contributed by atoms with E-state index in [9.17, 15) is 9.59 Å². The van der Waals surface area contributed by atoms with Gasteiger partial charge in [-0.25, -0.2) is 0 Å². The van der Waals surface area contributed by atoms with Gasteiger partial charge < -0.3 is 14.2 Å². The van der Waals surface area contributed by atoms with Crippen LogP contribution in [0.1, 0.15) is 252 Å². The number of carbonyl (C=O) groups is 2. The number of unbranched alkanes of at least 4 members (excludes halogenated alkanes) is 23. The fourth-order valence-electron chi connectivity index (χ4n) is 7.55. The molecule has 0 N–H and O–H groups in total. The largest absolute Gasteiger partial charge is 0.462 e. The lowest BCUT2D eigenvalue weighted by atomic mass is 10.0. The molecule has 0 aromatic heterocycles. The summed E-state index contributed by atoms with van der Waals surface area (Å²) in [7, 11) is 0. The van der Waals surface area contributed by atoms with Crippen molar-refractivity contribution in [3.8, 4) is 0 Å². The zero-order valence-corrected chi connectivity index (χ0v) is 43.4. The molecule has 0 spiro atoms. The van der Waals surface area contributed by atoms with Gasteiger partial charge in [0.2, 0.25) is 0 Å². The van der Waals surface area contributed by atoms with E-state index < -0.39 is 6.10 Å². The molecule has 5 nitrogen and oxygen atoms in total. The number of esters is 2. The van der Waals surface area contributed by atoms with Crippen molar-refractivity contribution >= 4 is 11.9 Å². The van der Waals surface area contributed by atoms with E-state index in [-0.39, 0.29) is 25.2 Å². The van der Waals surface area contributed by atoms with E-state index in [0.717, 1.165) is 103 Å².